The summed E-state index contributed by atoms with van der Waals surface area (Å²) in [6.45, 7) is 14.2. The maximum absolute atomic E-state index is 14.2. The number of hydrogen-bond donors (Lipinski definition) is 5. The fourth-order valence-corrected chi connectivity index (χ4v) is 11.7. The first kappa shape index (κ1) is 46.2. The van der Waals surface area contributed by atoms with E-state index in [1.165, 1.54) is 10.5 Å². The van der Waals surface area contributed by atoms with Crippen molar-refractivity contribution in [2.75, 3.05) is 44.2 Å². The van der Waals surface area contributed by atoms with Gasteiger partial charge < -0.3 is 45.4 Å². The number of hydrogen-bond acceptors (Lipinski definition) is 11. The Morgan fingerprint density at radius 2 is 1.75 bits per heavy atom. The highest BCUT2D eigenvalue weighted by atomic mass is 16.3. The number of urea groups is 1. The van der Waals surface area contributed by atoms with Crippen molar-refractivity contribution in [2.24, 2.45) is 10.8 Å². The number of fused-ring (bicyclic) bond motifs is 3. The molecule has 4 aliphatic heterocycles. The van der Waals surface area contributed by atoms with Crippen LogP contribution in [0.25, 0.3) is 22.3 Å². The molecule has 7 heterocycles. The van der Waals surface area contributed by atoms with Crippen LogP contribution in [0, 0.1) is 30.1 Å². The Hall–Kier alpha value is -6.57. The summed E-state index contributed by atoms with van der Waals surface area (Å²) in [6, 6.07) is 13.3. The number of piperidine rings is 1. The predicted molar refractivity (Wildman–Crippen MR) is 262 cm³/mol. The summed E-state index contributed by atoms with van der Waals surface area (Å²) in [5.41, 5.74) is 7.58. The smallest absolute Gasteiger partial charge is 0.318 e. The highest BCUT2D eigenvalue weighted by molar-refractivity contribution is 5.93. The van der Waals surface area contributed by atoms with Crippen molar-refractivity contribution < 1.29 is 24.6 Å². The molecule has 4 fully saturated rings. The number of phenols is 1. The van der Waals surface area contributed by atoms with Crippen molar-refractivity contribution >= 4 is 34.8 Å². The standard InChI is InChI=1S/C53H63N11O5/c1-7-33-12-13-35(31(2)20-33)25-54-48(67)43-21-38(65)28-64(43)49(68)46(52(4,5)6)58-51(69)62-29-53(30-62)23-37(24-53)61-17-14-34(15-18-61)36-26-55-50(56-27-36)63-19-16-41-45(32(63)3)40-22-42(59-60-47(40)57-41)39-10-8-9-11-44(39)66/h1,8-13,20,22,26-27,32,34,37-38,43,46,65-66H,14-19,21,23-25,28-30H2,2-6H3,(H,54,67)(H,57,60)(H,58,69)/t32-,38-,43+,46-/m1/s1. The monoisotopic (exact) mass is 934 g/mol. The number of aliphatic hydroxyl groups excluding tert-OH is 1. The van der Waals surface area contributed by atoms with Gasteiger partial charge in [0, 0.05) is 97.2 Å². The average molecular weight is 934 g/mol. The highest BCUT2D eigenvalue weighted by Gasteiger charge is 2.56. The largest absolute Gasteiger partial charge is 0.507 e. The van der Waals surface area contributed by atoms with Crippen LogP contribution in [0.3, 0.4) is 0 Å². The van der Waals surface area contributed by atoms with E-state index in [1.54, 1.807) is 12.1 Å². The molecule has 5 N–H and O–H groups in total. The number of amides is 4. The van der Waals surface area contributed by atoms with E-state index in [0.29, 0.717) is 42.3 Å². The number of nitrogens with one attached hydrogen (secondary N) is 3. The zero-order valence-electron chi connectivity index (χ0n) is 40.2. The Balaban J connectivity index is 0.694. The number of terminal acetylenes is 1. The highest BCUT2D eigenvalue weighted by Crippen LogP contribution is 2.51. The van der Waals surface area contributed by atoms with Gasteiger partial charge in [-0.05, 0) is 111 Å². The Labute approximate surface area is 403 Å². The zero-order chi connectivity index (χ0) is 48.4. The second kappa shape index (κ2) is 18.1. The number of para-hydroxylation sites is 1. The van der Waals surface area contributed by atoms with Crippen LogP contribution >= 0.6 is 0 Å². The number of carbonyl (C=O) groups is 3. The molecule has 1 spiro atoms. The minimum Gasteiger partial charge on any atom is -0.507 e. The number of benzene rings is 2. The number of H-pyrrole nitrogens is 1. The number of aromatic hydroxyl groups is 1. The van der Waals surface area contributed by atoms with Gasteiger partial charge in [0.15, 0.2) is 5.65 Å². The van der Waals surface area contributed by atoms with Gasteiger partial charge in [-0.3, -0.25) is 9.59 Å². The van der Waals surface area contributed by atoms with E-state index >= 15 is 0 Å². The van der Waals surface area contributed by atoms with Gasteiger partial charge in [0.2, 0.25) is 17.8 Å². The number of likely N-dealkylation sites (tertiary alicyclic amines) is 3. The minimum atomic E-state index is -0.887. The molecular weight excluding hydrogens is 871 g/mol. The summed E-state index contributed by atoms with van der Waals surface area (Å²) in [5, 5.41) is 37.0. The average Bonchev–Trinajstić information content (AvgIpc) is 3.90. The van der Waals surface area contributed by atoms with Crippen LogP contribution in [0.5, 0.6) is 5.75 Å². The molecule has 69 heavy (non-hydrogen) atoms. The number of β-amino-alcohol motifs (C(OH)–C–C–N with tert-alkyl or cyclic N) is 1. The van der Waals surface area contributed by atoms with Gasteiger partial charge in [0.1, 0.15) is 17.8 Å². The van der Waals surface area contributed by atoms with Gasteiger partial charge in [-0.1, -0.05) is 44.9 Å². The van der Waals surface area contributed by atoms with E-state index in [0.717, 1.165) is 90.7 Å². The maximum atomic E-state index is 14.2. The van der Waals surface area contributed by atoms with Crippen LogP contribution < -0.4 is 15.5 Å². The SMILES string of the molecule is C#Cc1ccc(CNC(=O)[C@@H]2C[C@@H](O)CN2C(=O)[C@@H](NC(=O)N2CC3(CC(N4CCC(c5cnc(N6CCc7[nH]c8nnc(-c9ccccc9O)cc8c7[C@H]6C)nc5)CC4)C3)C2)C(C)(C)C)c(C)c1. The quantitative estimate of drug-likeness (QED) is 0.116. The first-order chi connectivity index (χ1) is 33.1. The molecular formula is C53H63N11O5. The normalized spacial score (nSPS) is 22.2. The van der Waals surface area contributed by atoms with Crippen molar-refractivity contribution in [1.29, 1.82) is 0 Å². The molecule has 0 unspecified atom stereocenters. The van der Waals surface area contributed by atoms with Crippen LogP contribution in [0.4, 0.5) is 10.7 Å². The van der Waals surface area contributed by atoms with Gasteiger partial charge in [-0.2, -0.15) is 0 Å². The van der Waals surface area contributed by atoms with Gasteiger partial charge in [-0.25, -0.2) is 14.8 Å². The molecule has 10 rings (SSSR count). The van der Waals surface area contributed by atoms with Crippen molar-refractivity contribution in [2.45, 2.75) is 116 Å². The molecule has 2 aromatic carbocycles. The summed E-state index contributed by atoms with van der Waals surface area (Å²) in [5.74, 6) is 3.19. The zero-order valence-corrected chi connectivity index (χ0v) is 40.2. The Morgan fingerprint density at radius 1 is 1.01 bits per heavy atom. The molecule has 5 aliphatic rings. The Bertz CT molecular complexity index is 2810. The molecule has 5 aromatic rings. The maximum Gasteiger partial charge on any atom is 0.318 e. The first-order valence-corrected chi connectivity index (χ1v) is 24.4. The number of anilines is 1. The third-order valence-electron chi connectivity index (χ3n) is 15.7. The number of carbonyl (C=O) groups excluding carboxylic acids is 3. The van der Waals surface area contributed by atoms with Crippen molar-refractivity contribution in [3.8, 4) is 29.4 Å². The Kier molecular flexibility index (Phi) is 12.1. The molecule has 16 nitrogen and oxygen atoms in total. The summed E-state index contributed by atoms with van der Waals surface area (Å²) < 4.78 is 0. The van der Waals surface area contributed by atoms with E-state index in [4.69, 9.17) is 16.4 Å². The van der Waals surface area contributed by atoms with Crippen LogP contribution in [0.1, 0.15) is 105 Å². The van der Waals surface area contributed by atoms with E-state index in [2.05, 4.69) is 48.5 Å². The lowest BCUT2D eigenvalue weighted by atomic mass is 9.60. The number of phenolic OH excluding ortho intramolecular Hbond substituents is 1. The van der Waals surface area contributed by atoms with Crippen molar-refractivity contribution in [1.82, 2.24) is 50.5 Å². The lowest BCUT2D eigenvalue weighted by Gasteiger charge is -2.61. The number of aryl methyl sites for hydroxylation is 1. The van der Waals surface area contributed by atoms with Crippen LogP contribution in [0.2, 0.25) is 0 Å². The lowest BCUT2D eigenvalue weighted by Crippen LogP contribution is -2.70. The molecule has 1 aliphatic carbocycles. The van der Waals surface area contributed by atoms with Gasteiger partial charge >= 0.3 is 6.03 Å². The first-order valence-electron chi connectivity index (χ1n) is 24.4. The molecule has 4 atom stereocenters. The number of aromatic amines is 1. The molecule has 3 saturated heterocycles. The van der Waals surface area contributed by atoms with Crippen molar-refractivity contribution in [3.63, 3.8) is 0 Å². The topological polar surface area (TPSA) is 196 Å². The third-order valence-corrected chi connectivity index (χ3v) is 15.7. The fourth-order valence-electron chi connectivity index (χ4n) is 11.7. The number of aromatic nitrogens is 5. The fraction of sp³-hybridized carbons (Fsp3) is 0.491. The number of nitrogens with zero attached hydrogens (tertiary/aromatic N) is 8. The molecule has 16 heteroatoms. The molecule has 1 saturated carbocycles. The molecule has 0 bridgehead atoms. The summed E-state index contributed by atoms with van der Waals surface area (Å²) >= 11 is 0. The molecule has 3 aromatic heterocycles. The summed E-state index contributed by atoms with van der Waals surface area (Å²) in [4.78, 5) is 62.9. The lowest BCUT2D eigenvalue weighted by molar-refractivity contribution is -0.142. The van der Waals surface area contributed by atoms with Crippen LogP contribution in [-0.2, 0) is 22.6 Å². The predicted octanol–water partition coefficient (Wildman–Crippen LogP) is 5.58. The van der Waals surface area contributed by atoms with Crippen molar-refractivity contribution in [3.05, 3.63) is 94.4 Å². The minimum absolute atomic E-state index is 0.0104. The van der Waals surface area contributed by atoms with Gasteiger partial charge in [0.05, 0.1) is 17.8 Å². The summed E-state index contributed by atoms with van der Waals surface area (Å²) in [6.07, 6.45) is 13.8. The van der Waals surface area contributed by atoms with E-state index in [1.807, 2.05) is 81.4 Å². The summed E-state index contributed by atoms with van der Waals surface area (Å²) in [7, 11) is 0. The van der Waals surface area contributed by atoms with E-state index < -0.39 is 23.6 Å². The molecule has 360 valence electrons. The van der Waals surface area contributed by atoms with Gasteiger partial charge in [0.25, 0.3) is 0 Å². The molecule has 0 radical (unpaired) electrons. The van der Waals surface area contributed by atoms with E-state index in [9.17, 15) is 24.6 Å². The third kappa shape index (κ3) is 8.87. The Morgan fingerprint density at radius 3 is 2.45 bits per heavy atom. The second-order valence-corrected chi connectivity index (χ2v) is 21.3. The second-order valence-electron chi connectivity index (χ2n) is 21.3. The van der Waals surface area contributed by atoms with Crippen LogP contribution in [0.15, 0.2) is 60.9 Å². The number of aliphatic hydroxyl groups is 1. The van der Waals surface area contributed by atoms with E-state index in [-0.39, 0.29) is 54.6 Å². The number of rotatable bonds is 9. The molecule has 4 amide bonds. The van der Waals surface area contributed by atoms with Crippen LogP contribution in [-0.4, -0.2) is 131 Å². The van der Waals surface area contributed by atoms with Gasteiger partial charge in [-0.15, -0.1) is 16.6 Å².